The number of sulfonamides is 1. The van der Waals surface area contributed by atoms with Crippen LogP contribution in [0.2, 0.25) is 0 Å². The lowest BCUT2D eigenvalue weighted by Gasteiger charge is -2.03. The molecular formula is C8H6BrN3O2S. The Morgan fingerprint density at radius 1 is 1.33 bits per heavy atom. The van der Waals surface area contributed by atoms with Gasteiger partial charge >= 0.3 is 0 Å². The molecule has 7 heteroatoms. The average Bonchev–Trinajstić information content (AvgIpc) is 2.17. The Balaban J connectivity index is 2.96. The molecule has 2 rings (SSSR count). The maximum Gasteiger partial charge on any atom is 0.240 e. The molecule has 0 spiro atoms. The lowest BCUT2D eigenvalue weighted by atomic mass is 10.2. The maximum absolute atomic E-state index is 11.3. The number of hydrogen-bond acceptors (Lipinski definition) is 4. The van der Waals surface area contributed by atoms with E-state index < -0.39 is 10.0 Å². The third-order valence-electron chi connectivity index (χ3n) is 1.89. The predicted octanol–water partition coefficient (Wildman–Crippen LogP) is 1.04. The number of halogens is 1. The normalized spacial score (nSPS) is 11.9. The van der Waals surface area contributed by atoms with Crippen molar-refractivity contribution in [2.75, 3.05) is 0 Å². The van der Waals surface area contributed by atoms with Gasteiger partial charge in [0.25, 0.3) is 0 Å². The molecule has 0 unspecified atom stereocenters. The summed E-state index contributed by atoms with van der Waals surface area (Å²) >= 11 is 3.28. The summed E-state index contributed by atoms with van der Waals surface area (Å²) in [6, 6.07) is 3.01. The zero-order valence-electron chi connectivity index (χ0n) is 7.38. The van der Waals surface area contributed by atoms with Gasteiger partial charge in [-0.3, -0.25) is 0 Å². The van der Waals surface area contributed by atoms with Gasteiger partial charge in [0.05, 0.1) is 5.52 Å². The monoisotopic (exact) mass is 287 g/mol. The molecule has 0 saturated carbocycles. The Labute approximate surface area is 94.5 Å². The van der Waals surface area contributed by atoms with Crippen molar-refractivity contribution >= 4 is 36.9 Å². The Kier molecular flexibility index (Phi) is 2.45. The Morgan fingerprint density at radius 2 is 2.07 bits per heavy atom. The minimum Gasteiger partial charge on any atom is -0.244 e. The second-order valence-electron chi connectivity index (χ2n) is 2.88. The van der Waals surface area contributed by atoms with E-state index >= 15 is 0 Å². The topological polar surface area (TPSA) is 85.9 Å². The summed E-state index contributed by atoms with van der Waals surface area (Å²) in [5.74, 6) is 0. The van der Waals surface area contributed by atoms with E-state index in [-0.39, 0.29) is 4.90 Å². The van der Waals surface area contributed by atoms with Crippen molar-refractivity contribution < 1.29 is 8.42 Å². The zero-order valence-corrected chi connectivity index (χ0v) is 9.79. The van der Waals surface area contributed by atoms with E-state index in [1.807, 2.05) is 0 Å². The van der Waals surface area contributed by atoms with Crippen molar-refractivity contribution in [1.82, 2.24) is 9.97 Å². The SMILES string of the molecule is NS(=O)(=O)c1ccc(Br)c2cncnc12. The fraction of sp³-hybridized carbons (Fsp3) is 0. The number of rotatable bonds is 1. The molecule has 1 heterocycles. The van der Waals surface area contributed by atoms with Gasteiger partial charge in [0, 0.05) is 16.1 Å². The van der Waals surface area contributed by atoms with Crippen LogP contribution in [0.4, 0.5) is 0 Å². The van der Waals surface area contributed by atoms with Crippen molar-refractivity contribution in [2.45, 2.75) is 4.90 Å². The first-order chi connectivity index (χ1) is 7.00. The number of hydrogen-bond donors (Lipinski definition) is 1. The predicted molar refractivity (Wildman–Crippen MR) is 58.6 cm³/mol. The van der Waals surface area contributed by atoms with Crippen LogP contribution in [0.15, 0.2) is 34.0 Å². The molecule has 0 radical (unpaired) electrons. The minimum absolute atomic E-state index is 0.00287. The molecule has 1 aromatic heterocycles. The van der Waals surface area contributed by atoms with Crippen LogP contribution in [0.1, 0.15) is 0 Å². The molecule has 0 saturated heterocycles. The quantitative estimate of drug-likeness (QED) is 0.849. The highest BCUT2D eigenvalue weighted by molar-refractivity contribution is 9.10. The van der Waals surface area contributed by atoms with Crippen molar-refractivity contribution in [2.24, 2.45) is 5.14 Å². The van der Waals surface area contributed by atoms with Gasteiger partial charge in [-0.05, 0) is 12.1 Å². The van der Waals surface area contributed by atoms with Crippen molar-refractivity contribution in [3.05, 3.63) is 29.1 Å². The molecule has 1 aromatic carbocycles. The molecule has 2 aromatic rings. The second-order valence-corrected chi connectivity index (χ2v) is 5.26. The van der Waals surface area contributed by atoms with E-state index in [2.05, 4.69) is 25.9 Å². The van der Waals surface area contributed by atoms with Gasteiger partial charge in [0.1, 0.15) is 11.2 Å². The molecule has 0 aliphatic heterocycles. The van der Waals surface area contributed by atoms with E-state index in [0.29, 0.717) is 10.9 Å². The first kappa shape index (κ1) is 10.5. The third-order valence-corrected chi connectivity index (χ3v) is 3.52. The first-order valence-electron chi connectivity index (χ1n) is 3.91. The summed E-state index contributed by atoms with van der Waals surface area (Å²) in [4.78, 5) is 7.73. The molecule has 5 nitrogen and oxygen atoms in total. The van der Waals surface area contributed by atoms with Crippen LogP contribution in [-0.4, -0.2) is 18.4 Å². The molecule has 0 atom stereocenters. The van der Waals surface area contributed by atoms with Gasteiger partial charge in [0.15, 0.2) is 0 Å². The van der Waals surface area contributed by atoms with Gasteiger partial charge in [-0.2, -0.15) is 0 Å². The van der Waals surface area contributed by atoms with E-state index in [0.717, 1.165) is 4.47 Å². The van der Waals surface area contributed by atoms with Gasteiger partial charge in [-0.15, -0.1) is 0 Å². The fourth-order valence-electron chi connectivity index (χ4n) is 1.25. The molecule has 0 bridgehead atoms. The van der Waals surface area contributed by atoms with Crippen LogP contribution in [0.25, 0.3) is 10.9 Å². The number of fused-ring (bicyclic) bond motifs is 1. The summed E-state index contributed by atoms with van der Waals surface area (Å²) < 4.78 is 23.2. The molecule has 0 amide bonds. The van der Waals surface area contributed by atoms with E-state index in [1.165, 1.54) is 18.6 Å². The number of nitrogens with two attached hydrogens (primary N) is 1. The van der Waals surface area contributed by atoms with Gasteiger partial charge in [-0.1, -0.05) is 15.9 Å². The average molecular weight is 288 g/mol. The standard InChI is InChI=1S/C8H6BrN3O2S/c9-6-1-2-7(15(10,13)14)8-5(6)3-11-4-12-8/h1-4H,(H2,10,13,14). The van der Waals surface area contributed by atoms with E-state index in [4.69, 9.17) is 5.14 Å². The fourth-order valence-corrected chi connectivity index (χ4v) is 2.36. The number of nitrogens with zero attached hydrogens (tertiary/aromatic N) is 2. The third kappa shape index (κ3) is 1.85. The Morgan fingerprint density at radius 3 is 2.73 bits per heavy atom. The van der Waals surface area contributed by atoms with Crippen molar-refractivity contribution in [3.8, 4) is 0 Å². The molecule has 0 aliphatic rings. The smallest absolute Gasteiger partial charge is 0.240 e. The largest absolute Gasteiger partial charge is 0.244 e. The number of benzene rings is 1. The lowest BCUT2D eigenvalue weighted by molar-refractivity contribution is 0.598. The van der Waals surface area contributed by atoms with Crippen LogP contribution in [0, 0.1) is 0 Å². The van der Waals surface area contributed by atoms with Gasteiger partial charge < -0.3 is 0 Å². The highest BCUT2D eigenvalue weighted by atomic mass is 79.9. The number of primary sulfonamides is 1. The minimum atomic E-state index is -3.76. The highest BCUT2D eigenvalue weighted by Crippen LogP contribution is 2.26. The molecule has 78 valence electrons. The van der Waals surface area contributed by atoms with E-state index in [9.17, 15) is 8.42 Å². The summed E-state index contributed by atoms with van der Waals surface area (Å²) in [6.45, 7) is 0. The summed E-state index contributed by atoms with van der Waals surface area (Å²) in [7, 11) is -3.76. The van der Waals surface area contributed by atoms with Crippen molar-refractivity contribution in [1.29, 1.82) is 0 Å². The summed E-state index contributed by atoms with van der Waals surface area (Å²) in [6.07, 6.45) is 2.81. The molecular weight excluding hydrogens is 282 g/mol. The lowest BCUT2D eigenvalue weighted by Crippen LogP contribution is -2.13. The van der Waals surface area contributed by atoms with E-state index in [1.54, 1.807) is 6.07 Å². The van der Waals surface area contributed by atoms with Crippen molar-refractivity contribution in [3.63, 3.8) is 0 Å². The zero-order chi connectivity index (χ0) is 11.1. The second kappa shape index (κ2) is 3.51. The summed E-state index contributed by atoms with van der Waals surface area (Å²) in [5.41, 5.74) is 0.321. The molecule has 2 N–H and O–H groups in total. The highest BCUT2D eigenvalue weighted by Gasteiger charge is 2.14. The molecule has 0 fully saturated rings. The maximum atomic E-state index is 11.3. The van der Waals surface area contributed by atoms with Gasteiger partial charge in [0.2, 0.25) is 10.0 Å². The van der Waals surface area contributed by atoms with Crippen LogP contribution in [0.3, 0.4) is 0 Å². The van der Waals surface area contributed by atoms with Crippen LogP contribution < -0.4 is 5.14 Å². The molecule has 0 aliphatic carbocycles. The van der Waals surface area contributed by atoms with Gasteiger partial charge in [-0.25, -0.2) is 23.5 Å². The Bertz CT molecular complexity index is 627. The number of aromatic nitrogens is 2. The Hall–Kier alpha value is -1.05. The van der Waals surface area contributed by atoms with Crippen LogP contribution >= 0.6 is 15.9 Å². The first-order valence-corrected chi connectivity index (χ1v) is 6.25. The summed E-state index contributed by atoms with van der Waals surface area (Å²) in [5, 5.41) is 5.68. The van der Waals surface area contributed by atoms with Crippen LogP contribution in [-0.2, 0) is 10.0 Å². The molecule has 15 heavy (non-hydrogen) atoms. The van der Waals surface area contributed by atoms with Crippen LogP contribution in [0.5, 0.6) is 0 Å².